The lowest BCUT2D eigenvalue weighted by Crippen LogP contribution is -2.49. The molecule has 1 aliphatic carbocycles. The van der Waals surface area contributed by atoms with Crippen LogP contribution in [-0.4, -0.2) is 48.3 Å². The highest BCUT2D eigenvalue weighted by atomic mass is 16.5. The van der Waals surface area contributed by atoms with E-state index in [1.807, 2.05) is 4.90 Å². The first-order valence-electron chi connectivity index (χ1n) is 5.16. The molecule has 4 heteroatoms. The van der Waals surface area contributed by atoms with Crippen LogP contribution in [0.1, 0.15) is 26.2 Å². The summed E-state index contributed by atoms with van der Waals surface area (Å²) >= 11 is 0. The van der Waals surface area contributed by atoms with E-state index in [-0.39, 0.29) is 6.54 Å². The van der Waals surface area contributed by atoms with Crippen LogP contribution in [0.25, 0.3) is 0 Å². The number of nitrogens with zero attached hydrogens (tertiary/aromatic N) is 1. The van der Waals surface area contributed by atoms with Crippen LogP contribution in [0.4, 0.5) is 0 Å². The molecule has 1 rings (SSSR count). The third-order valence-electron chi connectivity index (χ3n) is 2.77. The zero-order valence-corrected chi connectivity index (χ0v) is 8.90. The molecule has 1 saturated carbocycles. The van der Waals surface area contributed by atoms with Gasteiger partial charge in [0.1, 0.15) is 0 Å². The molecule has 0 atom stereocenters. The van der Waals surface area contributed by atoms with Gasteiger partial charge in [0.15, 0.2) is 0 Å². The summed E-state index contributed by atoms with van der Waals surface area (Å²) in [5.74, 6) is -0.737. The summed E-state index contributed by atoms with van der Waals surface area (Å²) in [7, 11) is 1.71. The number of ether oxygens (including phenoxy) is 1. The minimum absolute atomic E-state index is 0.162. The Morgan fingerprint density at radius 3 is 2.64 bits per heavy atom. The lowest BCUT2D eigenvalue weighted by Gasteiger charge is -2.41. The van der Waals surface area contributed by atoms with E-state index in [2.05, 4.69) is 6.92 Å². The quantitative estimate of drug-likeness (QED) is 0.695. The zero-order valence-electron chi connectivity index (χ0n) is 8.90. The molecule has 0 spiro atoms. The second-order valence-corrected chi connectivity index (χ2v) is 3.85. The molecule has 1 N–H and O–H groups in total. The Labute approximate surface area is 84.8 Å². The largest absolute Gasteiger partial charge is 0.480 e. The molecule has 4 nitrogen and oxygen atoms in total. The Morgan fingerprint density at radius 1 is 1.57 bits per heavy atom. The van der Waals surface area contributed by atoms with Crippen molar-refractivity contribution in [2.45, 2.75) is 38.3 Å². The van der Waals surface area contributed by atoms with Crippen LogP contribution in [0.2, 0.25) is 0 Å². The highest BCUT2D eigenvalue weighted by Gasteiger charge is 2.33. The predicted molar refractivity (Wildman–Crippen MR) is 53.3 cm³/mol. The minimum Gasteiger partial charge on any atom is -0.480 e. The standard InChI is InChI=1S/C10H19NO3/c1-3-4-11(7-10(12)13)8-5-9(6-8)14-2/h8-9H,3-7H2,1-2H3,(H,12,13). The molecule has 0 saturated heterocycles. The summed E-state index contributed by atoms with van der Waals surface area (Å²) in [6, 6.07) is 0.413. The predicted octanol–water partition coefficient (Wildman–Crippen LogP) is 0.960. The van der Waals surface area contributed by atoms with Gasteiger partial charge >= 0.3 is 5.97 Å². The lowest BCUT2D eigenvalue weighted by molar-refractivity contribution is -0.140. The molecule has 14 heavy (non-hydrogen) atoms. The average molecular weight is 201 g/mol. The van der Waals surface area contributed by atoms with E-state index in [9.17, 15) is 4.79 Å². The van der Waals surface area contributed by atoms with Crippen LogP contribution in [0, 0.1) is 0 Å². The van der Waals surface area contributed by atoms with Crippen LogP contribution in [-0.2, 0) is 9.53 Å². The molecule has 82 valence electrons. The number of carbonyl (C=O) groups is 1. The number of aliphatic carboxylic acids is 1. The van der Waals surface area contributed by atoms with Gasteiger partial charge in [-0.1, -0.05) is 6.92 Å². The molecule has 1 fully saturated rings. The normalized spacial score (nSPS) is 26.2. The highest BCUT2D eigenvalue weighted by Crippen LogP contribution is 2.27. The van der Waals surface area contributed by atoms with E-state index in [0.29, 0.717) is 12.1 Å². The van der Waals surface area contributed by atoms with E-state index in [1.165, 1.54) is 0 Å². The van der Waals surface area contributed by atoms with Crippen LogP contribution in [0.5, 0.6) is 0 Å². The van der Waals surface area contributed by atoms with Crippen molar-refractivity contribution < 1.29 is 14.6 Å². The maximum atomic E-state index is 10.6. The number of carboxylic acids is 1. The molecule has 0 unspecified atom stereocenters. The maximum absolute atomic E-state index is 10.6. The van der Waals surface area contributed by atoms with E-state index >= 15 is 0 Å². The summed E-state index contributed by atoms with van der Waals surface area (Å²) < 4.78 is 5.18. The van der Waals surface area contributed by atoms with Crippen LogP contribution in [0.3, 0.4) is 0 Å². The van der Waals surface area contributed by atoms with Crippen molar-refractivity contribution in [2.75, 3.05) is 20.2 Å². The van der Waals surface area contributed by atoms with Gasteiger partial charge in [-0.05, 0) is 25.8 Å². The Kier molecular flexibility index (Phi) is 4.35. The maximum Gasteiger partial charge on any atom is 0.317 e. The van der Waals surface area contributed by atoms with Crippen molar-refractivity contribution >= 4 is 5.97 Å². The van der Waals surface area contributed by atoms with Gasteiger partial charge in [-0.15, -0.1) is 0 Å². The molecule has 0 heterocycles. The van der Waals surface area contributed by atoms with Crippen molar-refractivity contribution in [1.82, 2.24) is 4.90 Å². The Balaban J connectivity index is 2.32. The summed E-state index contributed by atoms with van der Waals surface area (Å²) in [4.78, 5) is 12.6. The lowest BCUT2D eigenvalue weighted by atomic mass is 9.87. The molecule has 0 bridgehead atoms. The summed E-state index contributed by atoms with van der Waals surface area (Å²) in [6.07, 6.45) is 3.29. The van der Waals surface area contributed by atoms with Gasteiger partial charge in [0, 0.05) is 13.2 Å². The Morgan fingerprint density at radius 2 is 2.21 bits per heavy atom. The summed E-state index contributed by atoms with van der Waals surface area (Å²) in [5, 5.41) is 8.73. The van der Waals surface area contributed by atoms with Crippen molar-refractivity contribution in [2.24, 2.45) is 0 Å². The Bertz CT molecular complexity index is 190. The van der Waals surface area contributed by atoms with Gasteiger partial charge in [-0.2, -0.15) is 0 Å². The second-order valence-electron chi connectivity index (χ2n) is 3.85. The Hall–Kier alpha value is -0.610. The fraction of sp³-hybridized carbons (Fsp3) is 0.900. The second kappa shape index (κ2) is 5.32. The minimum atomic E-state index is -0.737. The van der Waals surface area contributed by atoms with Crippen molar-refractivity contribution in [3.8, 4) is 0 Å². The fourth-order valence-electron chi connectivity index (χ4n) is 1.88. The molecular formula is C10H19NO3. The van der Waals surface area contributed by atoms with Crippen molar-refractivity contribution in [3.05, 3.63) is 0 Å². The zero-order chi connectivity index (χ0) is 10.6. The smallest absolute Gasteiger partial charge is 0.317 e. The van der Waals surface area contributed by atoms with Crippen molar-refractivity contribution in [1.29, 1.82) is 0 Å². The molecular weight excluding hydrogens is 182 g/mol. The number of methoxy groups -OCH3 is 1. The average Bonchev–Trinajstić information content (AvgIpc) is 2.01. The number of rotatable bonds is 6. The van der Waals surface area contributed by atoms with E-state index in [4.69, 9.17) is 9.84 Å². The van der Waals surface area contributed by atoms with Gasteiger partial charge < -0.3 is 9.84 Å². The van der Waals surface area contributed by atoms with E-state index in [0.717, 1.165) is 25.8 Å². The fourth-order valence-corrected chi connectivity index (χ4v) is 1.88. The molecule has 0 aliphatic heterocycles. The van der Waals surface area contributed by atoms with Crippen LogP contribution in [0.15, 0.2) is 0 Å². The first-order valence-corrected chi connectivity index (χ1v) is 5.16. The molecule has 0 amide bonds. The third-order valence-corrected chi connectivity index (χ3v) is 2.77. The van der Waals surface area contributed by atoms with Gasteiger partial charge in [-0.3, -0.25) is 9.69 Å². The first kappa shape index (κ1) is 11.5. The third kappa shape index (κ3) is 2.96. The van der Waals surface area contributed by atoms with Crippen LogP contribution >= 0.6 is 0 Å². The van der Waals surface area contributed by atoms with E-state index < -0.39 is 5.97 Å². The number of carboxylic acid groups (broad SMARTS) is 1. The van der Waals surface area contributed by atoms with Gasteiger partial charge in [0.05, 0.1) is 12.6 Å². The van der Waals surface area contributed by atoms with E-state index in [1.54, 1.807) is 7.11 Å². The SMILES string of the molecule is CCCN(CC(=O)O)C1CC(OC)C1. The number of hydrogen-bond acceptors (Lipinski definition) is 3. The monoisotopic (exact) mass is 201 g/mol. The van der Waals surface area contributed by atoms with Crippen molar-refractivity contribution in [3.63, 3.8) is 0 Å². The van der Waals surface area contributed by atoms with Gasteiger partial charge in [0.25, 0.3) is 0 Å². The molecule has 0 aromatic carbocycles. The number of hydrogen-bond donors (Lipinski definition) is 1. The first-order chi connectivity index (χ1) is 6.67. The molecule has 1 aliphatic rings. The highest BCUT2D eigenvalue weighted by molar-refractivity contribution is 5.69. The summed E-state index contributed by atoms with van der Waals surface area (Å²) in [6.45, 7) is 3.10. The summed E-state index contributed by atoms with van der Waals surface area (Å²) in [5.41, 5.74) is 0. The topological polar surface area (TPSA) is 49.8 Å². The van der Waals surface area contributed by atoms with Gasteiger partial charge in [-0.25, -0.2) is 0 Å². The molecule has 0 aromatic rings. The molecule has 0 aromatic heterocycles. The molecule has 0 radical (unpaired) electrons. The van der Waals surface area contributed by atoms with Gasteiger partial charge in [0.2, 0.25) is 0 Å². The van der Waals surface area contributed by atoms with Crippen LogP contribution < -0.4 is 0 Å².